The zero-order valence-corrected chi connectivity index (χ0v) is 11.1. The molecule has 88 valence electrons. The van der Waals surface area contributed by atoms with E-state index in [-0.39, 0.29) is 0 Å². The lowest BCUT2D eigenvalue weighted by atomic mass is 9.53. The number of hydrogen-bond acceptors (Lipinski definition) is 0. The molecule has 4 atom stereocenters. The first kappa shape index (κ1) is 11.5. The Balaban J connectivity index is 2.12. The van der Waals surface area contributed by atoms with Crippen molar-refractivity contribution in [2.24, 2.45) is 29.1 Å². The second-order valence-electron chi connectivity index (χ2n) is 6.82. The molecule has 2 fully saturated rings. The number of fused-ring (bicyclic) bond motifs is 1. The summed E-state index contributed by atoms with van der Waals surface area (Å²) in [6, 6.07) is 0. The van der Waals surface area contributed by atoms with Crippen LogP contribution in [0.2, 0.25) is 0 Å². The molecule has 2 saturated carbocycles. The molecule has 2 aliphatic rings. The van der Waals surface area contributed by atoms with Gasteiger partial charge < -0.3 is 0 Å². The number of hydrogen-bond donors (Lipinski definition) is 0. The third-order valence-corrected chi connectivity index (χ3v) is 5.78. The smallest absolute Gasteiger partial charge is 0.0269 e. The predicted octanol–water partition coefficient (Wildman–Crippen LogP) is 4.89. The van der Waals surface area contributed by atoms with Crippen LogP contribution in [0.5, 0.6) is 0 Å². The SMILES string of the molecule is CC(C)[C@@H]1CC[C@H]2CCC[C@H](C)[C@@]2(C)C1. The highest BCUT2D eigenvalue weighted by atomic mass is 14.5. The van der Waals surface area contributed by atoms with Gasteiger partial charge in [-0.3, -0.25) is 0 Å². The van der Waals surface area contributed by atoms with Crippen LogP contribution in [0, 0.1) is 29.1 Å². The van der Waals surface area contributed by atoms with Crippen LogP contribution >= 0.6 is 0 Å². The van der Waals surface area contributed by atoms with Crippen molar-refractivity contribution in [3.8, 4) is 0 Å². The van der Waals surface area contributed by atoms with Crippen molar-refractivity contribution in [3.63, 3.8) is 0 Å². The van der Waals surface area contributed by atoms with Crippen molar-refractivity contribution in [2.45, 2.75) is 66.2 Å². The van der Waals surface area contributed by atoms with Gasteiger partial charge in [0.15, 0.2) is 0 Å². The van der Waals surface area contributed by atoms with Gasteiger partial charge in [0.25, 0.3) is 0 Å². The minimum atomic E-state index is 0.686. The maximum absolute atomic E-state index is 2.59. The van der Waals surface area contributed by atoms with E-state index in [1.807, 2.05) is 0 Å². The molecule has 0 aromatic rings. The lowest BCUT2D eigenvalue weighted by Gasteiger charge is -2.52. The first-order valence-electron chi connectivity index (χ1n) is 7.04. The topological polar surface area (TPSA) is 0 Å². The molecule has 0 heterocycles. The summed E-state index contributed by atoms with van der Waals surface area (Å²) in [5.41, 5.74) is 0.686. The summed E-state index contributed by atoms with van der Waals surface area (Å²) in [5, 5.41) is 0. The van der Waals surface area contributed by atoms with E-state index in [9.17, 15) is 0 Å². The van der Waals surface area contributed by atoms with Crippen molar-refractivity contribution in [1.29, 1.82) is 0 Å². The Bertz CT molecular complexity index is 218. The third kappa shape index (κ3) is 1.97. The highest BCUT2D eigenvalue weighted by Crippen LogP contribution is 2.55. The van der Waals surface area contributed by atoms with E-state index in [4.69, 9.17) is 0 Å². The molecule has 0 unspecified atom stereocenters. The molecule has 0 amide bonds. The lowest BCUT2D eigenvalue weighted by molar-refractivity contribution is -0.0232. The van der Waals surface area contributed by atoms with Crippen LogP contribution in [-0.4, -0.2) is 0 Å². The van der Waals surface area contributed by atoms with Gasteiger partial charge >= 0.3 is 0 Å². The van der Waals surface area contributed by atoms with Gasteiger partial charge in [-0.25, -0.2) is 0 Å². The third-order valence-electron chi connectivity index (χ3n) is 5.78. The molecule has 0 radical (unpaired) electrons. The molecule has 0 aromatic carbocycles. The van der Waals surface area contributed by atoms with Crippen molar-refractivity contribution in [2.75, 3.05) is 0 Å². The van der Waals surface area contributed by atoms with Crippen LogP contribution in [-0.2, 0) is 0 Å². The summed E-state index contributed by atoms with van der Waals surface area (Å²) in [5.74, 6) is 3.93. The Morgan fingerprint density at radius 1 is 1.07 bits per heavy atom. The van der Waals surface area contributed by atoms with Gasteiger partial charge in [0.05, 0.1) is 0 Å². The molecule has 0 aliphatic heterocycles. The average molecular weight is 208 g/mol. The Hall–Kier alpha value is 0. The predicted molar refractivity (Wildman–Crippen MR) is 66.8 cm³/mol. The van der Waals surface area contributed by atoms with Crippen molar-refractivity contribution in [1.82, 2.24) is 0 Å². The quantitative estimate of drug-likeness (QED) is 0.576. The zero-order valence-electron chi connectivity index (χ0n) is 11.1. The summed E-state index contributed by atoms with van der Waals surface area (Å²) in [4.78, 5) is 0. The van der Waals surface area contributed by atoms with E-state index in [1.54, 1.807) is 0 Å². The van der Waals surface area contributed by atoms with E-state index < -0.39 is 0 Å². The van der Waals surface area contributed by atoms with Crippen molar-refractivity contribution in [3.05, 3.63) is 0 Å². The summed E-state index contributed by atoms with van der Waals surface area (Å²) in [7, 11) is 0. The highest BCUT2D eigenvalue weighted by Gasteiger charge is 2.45. The standard InChI is InChI=1S/C15H28/c1-11(2)13-8-9-14-7-5-6-12(3)15(14,4)10-13/h11-14H,5-10H2,1-4H3/t12-,13+,14+,15+/m0/s1. The summed E-state index contributed by atoms with van der Waals surface area (Å²) in [6.07, 6.45) is 9.03. The molecule has 2 rings (SSSR count). The van der Waals surface area contributed by atoms with E-state index >= 15 is 0 Å². The van der Waals surface area contributed by atoms with E-state index in [0.29, 0.717) is 5.41 Å². The summed E-state index contributed by atoms with van der Waals surface area (Å²) >= 11 is 0. The van der Waals surface area contributed by atoms with Crippen LogP contribution in [0.3, 0.4) is 0 Å². The first-order chi connectivity index (χ1) is 7.04. The molecule has 0 aromatic heterocycles. The fraction of sp³-hybridized carbons (Fsp3) is 1.00. The minimum absolute atomic E-state index is 0.686. The molecule has 2 aliphatic carbocycles. The molecule has 0 bridgehead atoms. The average Bonchev–Trinajstić information content (AvgIpc) is 2.19. The maximum atomic E-state index is 2.59. The lowest BCUT2D eigenvalue weighted by Crippen LogP contribution is -2.43. The first-order valence-corrected chi connectivity index (χ1v) is 7.04. The molecule has 0 spiro atoms. The fourth-order valence-corrected chi connectivity index (χ4v) is 4.23. The zero-order chi connectivity index (χ0) is 11.1. The summed E-state index contributed by atoms with van der Waals surface area (Å²) < 4.78 is 0. The van der Waals surface area contributed by atoms with Crippen LogP contribution in [0.1, 0.15) is 66.2 Å². The molecule has 0 heteroatoms. The van der Waals surface area contributed by atoms with Gasteiger partial charge in [-0.2, -0.15) is 0 Å². The van der Waals surface area contributed by atoms with Gasteiger partial charge in [-0.1, -0.05) is 40.5 Å². The van der Waals surface area contributed by atoms with E-state index in [1.165, 1.54) is 38.5 Å². The van der Waals surface area contributed by atoms with Gasteiger partial charge in [0.2, 0.25) is 0 Å². The van der Waals surface area contributed by atoms with Crippen LogP contribution in [0.15, 0.2) is 0 Å². The Kier molecular flexibility index (Phi) is 3.14. The molecular formula is C15H28. The Labute approximate surface area is 95.8 Å². The highest BCUT2D eigenvalue weighted by molar-refractivity contribution is 4.95. The van der Waals surface area contributed by atoms with Gasteiger partial charge in [-0.15, -0.1) is 0 Å². The summed E-state index contributed by atoms with van der Waals surface area (Å²) in [6.45, 7) is 9.94. The fourth-order valence-electron chi connectivity index (χ4n) is 4.23. The monoisotopic (exact) mass is 208 g/mol. The minimum Gasteiger partial charge on any atom is -0.0625 e. The van der Waals surface area contributed by atoms with Gasteiger partial charge in [-0.05, 0) is 54.8 Å². The normalized spacial score (nSPS) is 46.6. The molecule has 0 nitrogen and oxygen atoms in total. The second kappa shape index (κ2) is 4.11. The molecular weight excluding hydrogens is 180 g/mol. The van der Waals surface area contributed by atoms with E-state index in [0.717, 1.165) is 23.7 Å². The van der Waals surface area contributed by atoms with Crippen molar-refractivity contribution < 1.29 is 0 Å². The van der Waals surface area contributed by atoms with Crippen LogP contribution < -0.4 is 0 Å². The molecule has 0 saturated heterocycles. The van der Waals surface area contributed by atoms with Crippen molar-refractivity contribution >= 4 is 0 Å². The maximum Gasteiger partial charge on any atom is -0.0269 e. The molecule has 0 N–H and O–H groups in total. The largest absolute Gasteiger partial charge is 0.0625 e. The van der Waals surface area contributed by atoms with Gasteiger partial charge in [0, 0.05) is 0 Å². The Morgan fingerprint density at radius 3 is 2.47 bits per heavy atom. The Morgan fingerprint density at radius 2 is 1.80 bits per heavy atom. The number of rotatable bonds is 1. The molecule has 15 heavy (non-hydrogen) atoms. The van der Waals surface area contributed by atoms with Gasteiger partial charge in [0.1, 0.15) is 0 Å². The van der Waals surface area contributed by atoms with Crippen LogP contribution in [0.4, 0.5) is 0 Å². The van der Waals surface area contributed by atoms with Crippen LogP contribution in [0.25, 0.3) is 0 Å². The van der Waals surface area contributed by atoms with E-state index in [2.05, 4.69) is 27.7 Å². The second-order valence-corrected chi connectivity index (χ2v) is 6.82.